The second kappa shape index (κ2) is 26.3. The monoisotopic (exact) mass is 1010 g/mol. The molecule has 3 amide bonds. The summed E-state index contributed by atoms with van der Waals surface area (Å²) in [5.41, 5.74) is 5.17. The Hall–Kier alpha value is -6.67. The van der Waals surface area contributed by atoms with Crippen molar-refractivity contribution in [3.63, 3.8) is 0 Å². The number of pyridine rings is 1. The highest BCUT2D eigenvalue weighted by atomic mass is 16.5. The van der Waals surface area contributed by atoms with E-state index in [1.807, 2.05) is 67.2 Å². The lowest BCUT2D eigenvalue weighted by atomic mass is 10.1. The Kier molecular flexibility index (Phi) is 19.5. The van der Waals surface area contributed by atoms with E-state index < -0.39 is 0 Å². The molecule has 2 saturated heterocycles. The van der Waals surface area contributed by atoms with Crippen LogP contribution >= 0.6 is 0 Å². The third-order valence-electron chi connectivity index (χ3n) is 12.9. The Morgan fingerprint density at radius 3 is 1.60 bits per heavy atom. The standard InChI is InChI=1S/C54H69N7O12/c1-8-37-22-41-30-55-46-28-50(48(66-6)26-44(46)53(64)60(41)32-37)72-34-39-24-43(71-17-14-59(52(63)10-12-58(4)5)13-16-69-19-21-70-20-18-68-15-11-36(3)62)25-40(57-39)35-73-51-29-47-45(27-49(51)67-7)54(65)61-33-38(9-2)23-42(61)31-56-47/h8-9,24-31,41-42H,10-23,32-35H2,1-7H3/b37-8+,38-9+/t41-,42?/m0/s1. The summed E-state index contributed by atoms with van der Waals surface area (Å²) in [5, 5.41) is 0. The Morgan fingerprint density at radius 2 is 1.12 bits per heavy atom. The Balaban J connectivity index is 1.06. The fourth-order valence-electron chi connectivity index (χ4n) is 8.73. The van der Waals surface area contributed by atoms with Crippen LogP contribution in [0.2, 0.25) is 0 Å². The van der Waals surface area contributed by atoms with Crippen molar-refractivity contribution in [2.75, 3.05) is 107 Å². The molecule has 0 saturated carbocycles. The van der Waals surface area contributed by atoms with E-state index in [-0.39, 0.29) is 62.0 Å². The van der Waals surface area contributed by atoms with Gasteiger partial charge in [0.05, 0.1) is 106 Å². The van der Waals surface area contributed by atoms with E-state index in [0.717, 1.165) is 12.8 Å². The number of ketones is 1. The molecule has 3 aromatic rings. The van der Waals surface area contributed by atoms with Gasteiger partial charge in [-0.25, -0.2) is 0 Å². The van der Waals surface area contributed by atoms with Gasteiger partial charge in [-0.15, -0.1) is 0 Å². The van der Waals surface area contributed by atoms with Crippen LogP contribution in [0.5, 0.6) is 28.7 Å². The van der Waals surface area contributed by atoms with Gasteiger partial charge in [0.25, 0.3) is 11.8 Å². The summed E-state index contributed by atoms with van der Waals surface area (Å²) in [4.78, 5) is 73.8. The lowest BCUT2D eigenvalue weighted by Gasteiger charge is -2.24. The highest BCUT2D eigenvalue weighted by molar-refractivity contribution is 6.05. The second-order valence-corrected chi connectivity index (χ2v) is 18.3. The van der Waals surface area contributed by atoms with Gasteiger partial charge in [0.15, 0.2) is 23.0 Å². The molecule has 0 radical (unpaired) electrons. The van der Waals surface area contributed by atoms with Crippen molar-refractivity contribution in [3.05, 3.63) is 82.2 Å². The zero-order chi connectivity index (χ0) is 51.9. The molecule has 4 aliphatic heterocycles. The predicted octanol–water partition coefficient (Wildman–Crippen LogP) is 6.20. The van der Waals surface area contributed by atoms with Crippen LogP contribution in [-0.4, -0.2) is 180 Å². The number of benzene rings is 2. The first kappa shape index (κ1) is 54.1. The highest BCUT2D eigenvalue weighted by Crippen LogP contribution is 2.41. The number of hydrogen-bond acceptors (Lipinski definition) is 16. The first-order valence-corrected chi connectivity index (χ1v) is 24.8. The quantitative estimate of drug-likeness (QED) is 0.0620. The molecule has 0 N–H and O–H groups in total. The van der Waals surface area contributed by atoms with Crippen LogP contribution in [0.15, 0.2) is 69.7 Å². The molecule has 5 heterocycles. The molecule has 0 aliphatic carbocycles. The molecule has 2 aromatic carbocycles. The average molecular weight is 1010 g/mol. The number of methoxy groups -OCH3 is 2. The van der Waals surface area contributed by atoms with E-state index in [4.69, 9.17) is 52.9 Å². The molecule has 1 unspecified atom stereocenters. The minimum atomic E-state index is -0.135. The van der Waals surface area contributed by atoms with E-state index >= 15 is 0 Å². The number of fused-ring (bicyclic) bond motifs is 4. The summed E-state index contributed by atoms with van der Waals surface area (Å²) >= 11 is 0. The smallest absolute Gasteiger partial charge is 0.257 e. The van der Waals surface area contributed by atoms with Crippen LogP contribution in [-0.2, 0) is 37.0 Å². The third-order valence-corrected chi connectivity index (χ3v) is 12.9. The molecular weight excluding hydrogens is 939 g/mol. The Bertz CT molecular complexity index is 2440. The number of rotatable bonds is 27. The number of hydrogen-bond donors (Lipinski definition) is 0. The van der Waals surface area contributed by atoms with Crippen LogP contribution in [0.25, 0.3) is 0 Å². The molecule has 2 atom stereocenters. The van der Waals surface area contributed by atoms with Gasteiger partial charge in [-0.2, -0.15) is 0 Å². The van der Waals surface area contributed by atoms with Gasteiger partial charge in [0.2, 0.25) is 5.91 Å². The number of aromatic nitrogens is 1. The van der Waals surface area contributed by atoms with E-state index in [2.05, 4.69) is 0 Å². The van der Waals surface area contributed by atoms with E-state index in [0.29, 0.717) is 141 Å². The van der Waals surface area contributed by atoms with E-state index in [9.17, 15) is 19.2 Å². The minimum Gasteiger partial charge on any atom is -0.493 e. The third kappa shape index (κ3) is 14.5. The summed E-state index contributed by atoms with van der Waals surface area (Å²) in [5.74, 6) is 1.73. The van der Waals surface area contributed by atoms with Crippen molar-refractivity contribution < 1.29 is 57.1 Å². The van der Waals surface area contributed by atoms with Gasteiger partial charge in [-0.05, 0) is 59.8 Å². The fraction of sp³-hybridized carbons (Fsp3) is 0.500. The highest BCUT2D eigenvalue weighted by Gasteiger charge is 2.36. The molecule has 7 rings (SSSR count). The number of amides is 3. The Morgan fingerprint density at radius 1 is 0.630 bits per heavy atom. The molecule has 2 fully saturated rings. The minimum absolute atomic E-state index is 0.0227. The van der Waals surface area contributed by atoms with E-state index in [1.165, 1.54) is 32.3 Å². The normalized spacial score (nSPS) is 17.9. The SMILES string of the molecule is C/C=C1\CC2C=Nc3cc(OCc4cc(OCCN(CCOCCOCCOCCC(C)=O)C(=O)CCN(C)C)cc(COc5cc6c(cc5OC)C(=O)N5C/C(=C/C)C[C@H]5C=N6)n4)c(OC)cc3C(=O)N2C1. The zero-order valence-corrected chi connectivity index (χ0v) is 43.2. The Labute approximate surface area is 427 Å². The summed E-state index contributed by atoms with van der Waals surface area (Å²) in [6.07, 6.45) is 9.90. The molecule has 0 bridgehead atoms. The number of carbonyl (C=O) groups is 4. The van der Waals surface area contributed by atoms with Gasteiger partial charge >= 0.3 is 0 Å². The molecule has 73 heavy (non-hydrogen) atoms. The first-order chi connectivity index (χ1) is 35.4. The second-order valence-electron chi connectivity index (χ2n) is 18.3. The van der Waals surface area contributed by atoms with E-state index in [1.54, 1.807) is 41.3 Å². The summed E-state index contributed by atoms with van der Waals surface area (Å²) in [6.45, 7) is 10.1. The summed E-state index contributed by atoms with van der Waals surface area (Å²) in [6, 6.07) is 10.0. The van der Waals surface area contributed by atoms with Crippen molar-refractivity contribution in [2.24, 2.45) is 9.98 Å². The number of ether oxygens (including phenoxy) is 8. The van der Waals surface area contributed by atoms with Crippen LogP contribution in [0.1, 0.15) is 78.6 Å². The maximum absolute atomic E-state index is 13.8. The van der Waals surface area contributed by atoms with Crippen LogP contribution in [0, 0.1) is 0 Å². The van der Waals surface area contributed by atoms with Gasteiger partial charge < -0.3 is 57.5 Å². The van der Waals surface area contributed by atoms with Gasteiger partial charge in [0, 0.05) is 75.7 Å². The summed E-state index contributed by atoms with van der Waals surface area (Å²) in [7, 11) is 6.88. The predicted molar refractivity (Wildman–Crippen MR) is 275 cm³/mol. The molecular formula is C54H69N7O12. The number of nitrogens with zero attached hydrogens (tertiary/aromatic N) is 7. The number of allylic oxidation sites excluding steroid dienone is 2. The van der Waals surface area contributed by atoms with Gasteiger partial charge in [-0.3, -0.25) is 34.1 Å². The first-order valence-electron chi connectivity index (χ1n) is 24.8. The number of aliphatic imine (C=N–C) groups is 2. The molecule has 392 valence electrons. The molecule has 1 aromatic heterocycles. The molecule has 0 spiro atoms. The fourth-order valence-corrected chi connectivity index (χ4v) is 8.73. The van der Waals surface area contributed by atoms with Crippen LogP contribution < -0.4 is 23.7 Å². The topological polar surface area (TPSA) is 193 Å². The average Bonchev–Trinajstić information content (AvgIpc) is 3.96. The van der Waals surface area contributed by atoms with Crippen LogP contribution in [0.3, 0.4) is 0 Å². The van der Waals surface area contributed by atoms with Gasteiger partial charge in [-0.1, -0.05) is 23.3 Å². The number of Topliss-reactive ketones (excluding diaryl/α,β-unsaturated/α-hetero) is 1. The van der Waals surface area contributed by atoms with Crippen molar-refractivity contribution in [1.29, 1.82) is 0 Å². The molecule has 19 heteroatoms. The molecule has 4 aliphatic rings. The van der Waals surface area contributed by atoms with Crippen molar-refractivity contribution in [3.8, 4) is 28.7 Å². The van der Waals surface area contributed by atoms with Crippen molar-refractivity contribution in [1.82, 2.24) is 24.6 Å². The van der Waals surface area contributed by atoms with Crippen molar-refractivity contribution in [2.45, 2.75) is 71.8 Å². The largest absolute Gasteiger partial charge is 0.493 e. The number of carbonyl (C=O) groups excluding carboxylic acids is 4. The molecule has 19 nitrogen and oxygen atoms in total. The lowest BCUT2D eigenvalue weighted by molar-refractivity contribution is -0.132. The van der Waals surface area contributed by atoms with Gasteiger partial charge in [0.1, 0.15) is 31.4 Å². The summed E-state index contributed by atoms with van der Waals surface area (Å²) < 4.78 is 47.5. The maximum Gasteiger partial charge on any atom is 0.257 e. The lowest BCUT2D eigenvalue weighted by Crippen LogP contribution is -2.38. The maximum atomic E-state index is 13.8. The van der Waals surface area contributed by atoms with Crippen molar-refractivity contribution >= 4 is 47.3 Å². The van der Waals surface area contributed by atoms with Crippen LogP contribution in [0.4, 0.5) is 11.4 Å². The zero-order valence-electron chi connectivity index (χ0n) is 43.2.